The Morgan fingerprint density at radius 3 is 2.63 bits per heavy atom. The largest absolute Gasteiger partial charge is 0.357 e. The van der Waals surface area contributed by atoms with Gasteiger partial charge in [-0.1, -0.05) is 18.2 Å². The summed E-state index contributed by atoms with van der Waals surface area (Å²) < 4.78 is 1.75. The zero-order valence-electron chi connectivity index (χ0n) is 15.5. The van der Waals surface area contributed by atoms with Crippen LogP contribution in [-0.2, 0) is 16.1 Å². The molecule has 3 rings (SSSR count). The van der Waals surface area contributed by atoms with Gasteiger partial charge in [0.25, 0.3) is 5.91 Å². The molecule has 1 aromatic heterocycles. The number of hydrogen-bond acceptors (Lipinski definition) is 4. The number of benzene rings is 1. The minimum Gasteiger partial charge on any atom is -0.357 e. The van der Waals surface area contributed by atoms with Gasteiger partial charge in [-0.3, -0.25) is 19.1 Å². The van der Waals surface area contributed by atoms with Crippen LogP contribution in [0.2, 0.25) is 0 Å². The standard InChI is InChI=1S/C19H23N5O3/c1-14(25)22-10-11-24(17(13-22)18(26)20-2)19(27)16-7-4-3-6-15(16)12-23-9-5-8-21-23/h3-9,17H,10-13H2,1-2H3,(H,20,26). The molecule has 1 N–H and O–H groups in total. The van der Waals surface area contributed by atoms with E-state index in [0.717, 1.165) is 5.56 Å². The first kappa shape index (κ1) is 18.6. The second-order valence-corrected chi connectivity index (χ2v) is 6.45. The number of carbonyl (C=O) groups is 3. The SMILES string of the molecule is CNC(=O)C1CN(C(C)=O)CCN1C(=O)c1ccccc1Cn1cccn1. The summed E-state index contributed by atoms with van der Waals surface area (Å²) in [7, 11) is 1.53. The van der Waals surface area contributed by atoms with E-state index in [0.29, 0.717) is 25.2 Å². The zero-order valence-corrected chi connectivity index (χ0v) is 15.5. The molecule has 27 heavy (non-hydrogen) atoms. The highest BCUT2D eigenvalue weighted by molar-refractivity contribution is 5.99. The molecule has 1 unspecified atom stereocenters. The maximum atomic E-state index is 13.3. The van der Waals surface area contributed by atoms with Gasteiger partial charge >= 0.3 is 0 Å². The Morgan fingerprint density at radius 2 is 1.96 bits per heavy atom. The second-order valence-electron chi connectivity index (χ2n) is 6.45. The van der Waals surface area contributed by atoms with Gasteiger partial charge in [-0.25, -0.2) is 0 Å². The second kappa shape index (κ2) is 8.03. The van der Waals surface area contributed by atoms with E-state index in [1.165, 1.54) is 14.0 Å². The van der Waals surface area contributed by atoms with Crippen molar-refractivity contribution >= 4 is 17.7 Å². The maximum absolute atomic E-state index is 13.3. The van der Waals surface area contributed by atoms with Crippen molar-refractivity contribution in [2.45, 2.75) is 19.5 Å². The molecular weight excluding hydrogens is 346 g/mol. The first-order valence-electron chi connectivity index (χ1n) is 8.84. The van der Waals surface area contributed by atoms with Gasteiger partial charge in [0.15, 0.2) is 0 Å². The van der Waals surface area contributed by atoms with Gasteiger partial charge in [-0.2, -0.15) is 5.10 Å². The molecule has 0 saturated carbocycles. The van der Waals surface area contributed by atoms with Gasteiger partial charge in [0.1, 0.15) is 6.04 Å². The Kier molecular flexibility index (Phi) is 5.54. The Hall–Kier alpha value is -3.16. The molecule has 0 aliphatic carbocycles. The number of amides is 3. The fourth-order valence-electron chi connectivity index (χ4n) is 3.29. The van der Waals surface area contributed by atoms with Crippen LogP contribution in [0.1, 0.15) is 22.8 Å². The van der Waals surface area contributed by atoms with Crippen LogP contribution in [0.3, 0.4) is 0 Å². The van der Waals surface area contributed by atoms with E-state index in [1.54, 1.807) is 32.8 Å². The lowest BCUT2D eigenvalue weighted by Crippen LogP contribution is -2.61. The quantitative estimate of drug-likeness (QED) is 0.842. The van der Waals surface area contributed by atoms with Crippen LogP contribution in [0.25, 0.3) is 0 Å². The molecular formula is C19H23N5O3. The monoisotopic (exact) mass is 369 g/mol. The van der Waals surface area contributed by atoms with Crippen molar-refractivity contribution in [2.75, 3.05) is 26.7 Å². The van der Waals surface area contributed by atoms with Gasteiger partial charge in [-0.05, 0) is 17.7 Å². The Bertz CT molecular complexity index is 834. The average molecular weight is 369 g/mol. The van der Waals surface area contributed by atoms with E-state index >= 15 is 0 Å². The molecule has 0 spiro atoms. The van der Waals surface area contributed by atoms with Crippen molar-refractivity contribution in [2.24, 2.45) is 0 Å². The van der Waals surface area contributed by atoms with E-state index in [1.807, 2.05) is 24.4 Å². The van der Waals surface area contributed by atoms with Crippen molar-refractivity contribution in [3.05, 3.63) is 53.9 Å². The summed E-state index contributed by atoms with van der Waals surface area (Å²) in [4.78, 5) is 40.5. The Labute approximate surface area is 157 Å². The van der Waals surface area contributed by atoms with Crippen LogP contribution in [0, 0.1) is 0 Å². The van der Waals surface area contributed by atoms with Gasteiger partial charge in [0, 0.05) is 45.0 Å². The van der Waals surface area contributed by atoms with Crippen molar-refractivity contribution < 1.29 is 14.4 Å². The predicted octanol–water partition coefficient (Wildman–Crippen LogP) is 0.350. The lowest BCUT2D eigenvalue weighted by molar-refractivity contribution is -0.135. The van der Waals surface area contributed by atoms with Gasteiger partial charge in [-0.15, -0.1) is 0 Å². The highest BCUT2D eigenvalue weighted by Crippen LogP contribution is 2.18. The van der Waals surface area contributed by atoms with Gasteiger partial charge in [0.05, 0.1) is 13.1 Å². The molecule has 2 aromatic rings. The summed E-state index contributed by atoms with van der Waals surface area (Å²) in [5, 5.41) is 6.79. The third-order valence-corrected chi connectivity index (χ3v) is 4.77. The summed E-state index contributed by atoms with van der Waals surface area (Å²) in [5.74, 6) is -0.594. The number of hydrogen-bond donors (Lipinski definition) is 1. The lowest BCUT2D eigenvalue weighted by Gasteiger charge is -2.40. The van der Waals surface area contributed by atoms with E-state index < -0.39 is 6.04 Å². The summed E-state index contributed by atoms with van der Waals surface area (Å²) in [6.07, 6.45) is 3.52. The highest BCUT2D eigenvalue weighted by atomic mass is 16.2. The summed E-state index contributed by atoms with van der Waals surface area (Å²) in [6, 6.07) is 8.44. The average Bonchev–Trinajstić information content (AvgIpc) is 3.19. The minimum atomic E-state index is -0.710. The number of likely N-dealkylation sites (N-methyl/N-ethyl adjacent to an activating group) is 1. The maximum Gasteiger partial charge on any atom is 0.255 e. The molecule has 0 radical (unpaired) electrons. The van der Waals surface area contributed by atoms with Crippen LogP contribution < -0.4 is 5.32 Å². The zero-order chi connectivity index (χ0) is 19.4. The van der Waals surface area contributed by atoms with Crippen LogP contribution in [-0.4, -0.2) is 70.0 Å². The van der Waals surface area contributed by atoms with Gasteiger partial charge in [0.2, 0.25) is 11.8 Å². The van der Waals surface area contributed by atoms with Crippen molar-refractivity contribution in [3.63, 3.8) is 0 Å². The Balaban J connectivity index is 1.87. The number of piperazine rings is 1. The lowest BCUT2D eigenvalue weighted by atomic mass is 10.0. The molecule has 1 fully saturated rings. The molecule has 1 aliphatic heterocycles. The van der Waals surface area contributed by atoms with Crippen LogP contribution in [0.15, 0.2) is 42.7 Å². The number of nitrogens with zero attached hydrogens (tertiary/aromatic N) is 4. The molecule has 1 saturated heterocycles. The van der Waals surface area contributed by atoms with E-state index in [9.17, 15) is 14.4 Å². The molecule has 8 nitrogen and oxygen atoms in total. The van der Waals surface area contributed by atoms with E-state index in [2.05, 4.69) is 10.4 Å². The van der Waals surface area contributed by atoms with Crippen molar-refractivity contribution in [1.29, 1.82) is 0 Å². The molecule has 8 heteroatoms. The summed E-state index contributed by atoms with van der Waals surface area (Å²) in [5.41, 5.74) is 1.37. The highest BCUT2D eigenvalue weighted by Gasteiger charge is 2.36. The first-order chi connectivity index (χ1) is 13.0. The first-order valence-corrected chi connectivity index (χ1v) is 8.84. The topological polar surface area (TPSA) is 87.5 Å². The smallest absolute Gasteiger partial charge is 0.255 e. The third-order valence-electron chi connectivity index (χ3n) is 4.77. The molecule has 3 amide bonds. The van der Waals surface area contributed by atoms with Crippen LogP contribution >= 0.6 is 0 Å². The van der Waals surface area contributed by atoms with Crippen molar-refractivity contribution in [3.8, 4) is 0 Å². The van der Waals surface area contributed by atoms with Crippen LogP contribution in [0.5, 0.6) is 0 Å². The minimum absolute atomic E-state index is 0.102. The molecule has 1 atom stereocenters. The molecule has 2 heterocycles. The number of rotatable bonds is 4. The number of carbonyl (C=O) groups excluding carboxylic acids is 3. The predicted molar refractivity (Wildman–Crippen MR) is 98.9 cm³/mol. The molecule has 1 aliphatic rings. The number of nitrogens with one attached hydrogen (secondary N) is 1. The van der Waals surface area contributed by atoms with Crippen LogP contribution in [0.4, 0.5) is 0 Å². The van der Waals surface area contributed by atoms with Gasteiger partial charge < -0.3 is 15.1 Å². The normalized spacial score (nSPS) is 16.9. The third kappa shape index (κ3) is 3.99. The Morgan fingerprint density at radius 1 is 1.19 bits per heavy atom. The fourth-order valence-corrected chi connectivity index (χ4v) is 3.29. The molecule has 142 valence electrons. The summed E-state index contributed by atoms with van der Waals surface area (Å²) >= 11 is 0. The van der Waals surface area contributed by atoms with Crippen molar-refractivity contribution in [1.82, 2.24) is 24.9 Å². The number of aromatic nitrogens is 2. The summed E-state index contributed by atoms with van der Waals surface area (Å²) in [6.45, 7) is 2.86. The van der Waals surface area contributed by atoms with E-state index in [-0.39, 0.29) is 24.3 Å². The molecule has 1 aromatic carbocycles. The molecule has 0 bridgehead atoms. The van der Waals surface area contributed by atoms with E-state index in [4.69, 9.17) is 0 Å². The fraction of sp³-hybridized carbons (Fsp3) is 0.368.